The van der Waals surface area contributed by atoms with Crippen LogP contribution in [0.25, 0.3) is 11.1 Å². The van der Waals surface area contributed by atoms with Crippen molar-refractivity contribution in [3.8, 4) is 11.1 Å². The Morgan fingerprint density at radius 1 is 1.16 bits per heavy atom. The van der Waals surface area contributed by atoms with Crippen molar-refractivity contribution in [2.24, 2.45) is 5.73 Å². The fourth-order valence-corrected chi connectivity index (χ4v) is 3.53. The van der Waals surface area contributed by atoms with Gasteiger partial charge in [0.05, 0.1) is 11.6 Å². The molecule has 2 N–H and O–H groups in total. The van der Waals surface area contributed by atoms with Gasteiger partial charge in [0.15, 0.2) is 0 Å². The molecule has 2 aromatic rings. The summed E-state index contributed by atoms with van der Waals surface area (Å²) in [6, 6.07) is 6.78. The van der Waals surface area contributed by atoms with Gasteiger partial charge < -0.3 is 5.73 Å². The third-order valence-corrected chi connectivity index (χ3v) is 5.05. The average molecular weight is 390 g/mol. The molecule has 0 fully saturated rings. The lowest BCUT2D eigenvalue weighted by Gasteiger charge is -2.09. The first-order valence-electron chi connectivity index (χ1n) is 7.13. The topological polar surface area (TPSA) is 86.5 Å². The number of carbonyl (C=O) groups is 1. The second-order valence-electron chi connectivity index (χ2n) is 5.12. The molecular weight excluding hydrogens is 376 g/mol. The maximum atomic E-state index is 13.8. The first kappa shape index (κ1) is 19.3. The number of hydrogen-bond acceptors (Lipinski definition) is 4. The van der Waals surface area contributed by atoms with Gasteiger partial charge in [-0.2, -0.15) is 8.42 Å². The van der Waals surface area contributed by atoms with Crippen LogP contribution in [0, 0.1) is 11.6 Å². The molecule has 0 aliphatic carbocycles. The van der Waals surface area contributed by atoms with Gasteiger partial charge in [-0.1, -0.05) is 17.7 Å². The average Bonchev–Trinajstić information content (AvgIpc) is 2.51. The zero-order valence-electron chi connectivity index (χ0n) is 12.8. The van der Waals surface area contributed by atoms with Crippen LogP contribution in [-0.2, 0) is 19.1 Å². The number of primary amides is 1. The van der Waals surface area contributed by atoms with Crippen LogP contribution in [0.1, 0.15) is 12.8 Å². The Morgan fingerprint density at radius 3 is 2.48 bits per heavy atom. The van der Waals surface area contributed by atoms with E-state index in [9.17, 15) is 22.0 Å². The molecule has 25 heavy (non-hydrogen) atoms. The molecule has 0 saturated carbocycles. The van der Waals surface area contributed by atoms with Gasteiger partial charge in [0, 0.05) is 18.1 Å². The van der Waals surface area contributed by atoms with Crippen molar-refractivity contribution in [3.63, 3.8) is 0 Å². The summed E-state index contributed by atoms with van der Waals surface area (Å²) in [5, 5.41) is -0.170. The third kappa shape index (κ3) is 4.97. The summed E-state index contributed by atoms with van der Waals surface area (Å²) < 4.78 is 55.8. The molecule has 1 amide bonds. The normalized spacial score (nSPS) is 11.5. The summed E-state index contributed by atoms with van der Waals surface area (Å²) in [6.07, 6.45) is 0.136. The fraction of sp³-hybridized carbons (Fsp3) is 0.188. The van der Waals surface area contributed by atoms with Gasteiger partial charge in [0.2, 0.25) is 5.91 Å². The van der Waals surface area contributed by atoms with E-state index in [2.05, 4.69) is 0 Å². The Balaban J connectivity index is 2.22. The summed E-state index contributed by atoms with van der Waals surface area (Å²) in [6.45, 7) is -0.226. The van der Waals surface area contributed by atoms with Crippen LogP contribution in [0.3, 0.4) is 0 Å². The predicted molar refractivity (Wildman–Crippen MR) is 88.4 cm³/mol. The van der Waals surface area contributed by atoms with Crippen molar-refractivity contribution in [2.45, 2.75) is 17.7 Å². The summed E-state index contributed by atoms with van der Waals surface area (Å²) >= 11 is 5.98. The first-order chi connectivity index (χ1) is 11.7. The molecule has 2 rings (SSSR count). The number of benzene rings is 2. The van der Waals surface area contributed by atoms with E-state index in [-0.39, 0.29) is 40.5 Å². The molecule has 5 nitrogen and oxygen atoms in total. The standard InChI is InChI=1S/C16H14ClF2NO4S/c17-13-8-10(12-5-4-11(18)9-14(12)19)3-6-15(13)25(22,23)24-7-1-2-16(20)21/h3-6,8-9H,1-2,7H2,(H2,20,21). The smallest absolute Gasteiger partial charge is 0.298 e. The highest BCUT2D eigenvalue weighted by atomic mass is 35.5. The van der Waals surface area contributed by atoms with E-state index >= 15 is 0 Å². The maximum Gasteiger partial charge on any atom is 0.298 e. The van der Waals surface area contributed by atoms with Crippen molar-refractivity contribution < 1.29 is 26.2 Å². The molecule has 0 aromatic heterocycles. The van der Waals surface area contributed by atoms with Crippen molar-refractivity contribution in [3.05, 3.63) is 53.1 Å². The Morgan fingerprint density at radius 2 is 1.88 bits per heavy atom. The number of nitrogens with two attached hydrogens (primary N) is 1. The quantitative estimate of drug-likeness (QED) is 0.581. The van der Waals surface area contributed by atoms with Gasteiger partial charge in [-0.25, -0.2) is 8.78 Å². The summed E-state index contributed by atoms with van der Waals surface area (Å²) in [5.74, 6) is -2.09. The molecule has 0 heterocycles. The van der Waals surface area contributed by atoms with Gasteiger partial charge in [-0.05, 0) is 36.2 Å². The lowest BCUT2D eigenvalue weighted by molar-refractivity contribution is -0.118. The molecule has 0 saturated heterocycles. The maximum absolute atomic E-state index is 13.8. The van der Waals surface area contributed by atoms with Crippen LogP contribution in [0.5, 0.6) is 0 Å². The van der Waals surface area contributed by atoms with Crippen molar-refractivity contribution in [1.29, 1.82) is 0 Å². The lowest BCUT2D eigenvalue weighted by Crippen LogP contribution is -2.13. The SMILES string of the molecule is NC(=O)CCCOS(=O)(=O)c1ccc(-c2ccc(F)cc2F)cc1Cl. The number of carbonyl (C=O) groups excluding carboxylic acids is 1. The lowest BCUT2D eigenvalue weighted by atomic mass is 10.1. The van der Waals surface area contributed by atoms with Gasteiger partial charge >= 0.3 is 0 Å². The summed E-state index contributed by atoms with van der Waals surface area (Å²) in [5.41, 5.74) is 5.32. The highest BCUT2D eigenvalue weighted by Crippen LogP contribution is 2.30. The Labute approximate surface area is 148 Å². The molecule has 0 atom stereocenters. The molecule has 0 spiro atoms. The van der Waals surface area contributed by atoms with Crippen LogP contribution in [-0.4, -0.2) is 20.9 Å². The molecular formula is C16H14ClF2NO4S. The van der Waals surface area contributed by atoms with E-state index in [0.717, 1.165) is 12.1 Å². The number of halogens is 3. The zero-order valence-corrected chi connectivity index (χ0v) is 14.4. The number of rotatable bonds is 7. The summed E-state index contributed by atoms with van der Waals surface area (Å²) in [7, 11) is -4.14. The Bertz CT molecular complexity index is 903. The Hall–Kier alpha value is -2.03. The van der Waals surface area contributed by atoms with Gasteiger partial charge in [-0.3, -0.25) is 8.98 Å². The highest BCUT2D eigenvalue weighted by Gasteiger charge is 2.20. The molecule has 0 aliphatic rings. The van der Waals surface area contributed by atoms with E-state index in [1.807, 2.05) is 0 Å². The summed E-state index contributed by atoms with van der Waals surface area (Å²) in [4.78, 5) is 10.3. The molecule has 0 radical (unpaired) electrons. The molecule has 0 aliphatic heterocycles. The number of hydrogen-bond donors (Lipinski definition) is 1. The van der Waals surface area contributed by atoms with Gasteiger partial charge in [0.1, 0.15) is 16.5 Å². The van der Waals surface area contributed by atoms with E-state index in [1.165, 1.54) is 24.3 Å². The van der Waals surface area contributed by atoms with Crippen LogP contribution in [0.15, 0.2) is 41.3 Å². The van der Waals surface area contributed by atoms with E-state index in [1.54, 1.807) is 0 Å². The Kier molecular flexibility index (Phi) is 6.10. The molecule has 0 unspecified atom stereocenters. The minimum Gasteiger partial charge on any atom is -0.370 e. The predicted octanol–water partition coefficient (Wildman–Crippen LogP) is 3.26. The molecule has 9 heteroatoms. The third-order valence-electron chi connectivity index (χ3n) is 3.25. The first-order valence-corrected chi connectivity index (χ1v) is 8.92. The van der Waals surface area contributed by atoms with Crippen LogP contribution >= 0.6 is 11.6 Å². The van der Waals surface area contributed by atoms with Crippen LogP contribution in [0.4, 0.5) is 8.78 Å². The van der Waals surface area contributed by atoms with Gasteiger partial charge in [0.25, 0.3) is 10.1 Å². The van der Waals surface area contributed by atoms with E-state index < -0.39 is 27.7 Å². The highest BCUT2D eigenvalue weighted by molar-refractivity contribution is 7.86. The van der Waals surface area contributed by atoms with Crippen LogP contribution in [0.2, 0.25) is 5.02 Å². The second kappa shape index (κ2) is 7.90. The van der Waals surface area contributed by atoms with Crippen molar-refractivity contribution in [2.75, 3.05) is 6.61 Å². The van der Waals surface area contributed by atoms with E-state index in [0.29, 0.717) is 0 Å². The minimum atomic E-state index is -4.14. The monoisotopic (exact) mass is 389 g/mol. The van der Waals surface area contributed by atoms with Crippen molar-refractivity contribution >= 4 is 27.6 Å². The molecule has 134 valence electrons. The molecule has 0 bridgehead atoms. The minimum absolute atomic E-state index is 0.00790. The van der Waals surface area contributed by atoms with Gasteiger partial charge in [-0.15, -0.1) is 0 Å². The van der Waals surface area contributed by atoms with Crippen LogP contribution < -0.4 is 5.73 Å². The largest absolute Gasteiger partial charge is 0.370 e. The molecule has 2 aromatic carbocycles. The van der Waals surface area contributed by atoms with Crippen molar-refractivity contribution in [1.82, 2.24) is 0 Å². The van der Waals surface area contributed by atoms with E-state index in [4.69, 9.17) is 21.5 Å². The number of amides is 1. The zero-order chi connectivity index (χ0) is 18.6. The fourth-order valence-electron chi connectivity index (χ4n) is 2.07. The second-order valence-corrected chi connectivity index (χ2v) is 7.11.